The van der Waals surface area contributed by atoms with Gasteiger partial charge in [-0.2, -0.15) is 0 Å². The molecule has 3 rings (SSSR count). The largest absolute Gasteiger partial charge is 0.497 e. The summed E-state index contributed by atoms with van der Waals surface area (Å²) in [5, 5.41) is 3.19. The van der Waals surface area contributed by atoms with Gasteiger partial charge in [0.1, 0.15) is 16.5 Å². The fourth-order valence-corrected chi connectivity index (χ4v) is 3.66. The second-order valence-corrected chi connectivity index (χ2v) is 7.01. The monoisotopic (exact) mass is 411 g/mol. The Kier molecular flexibility index (Phi) is 6.86. The average Bonchev–Trinajstić information content (AvgIpc) is 3.17. The van der Waals surface area contributed by atoms with Crippen LogP contribution >= 0.6 is 11.3 Å². The van der Waals surface area contributed by atoms with Crippen LogP contribution in [0.2, 0.25) is 0 Å². The molecule has 1 N–H and O–H groups in total. The van der Waals surface area contributed by atoms with Gasteiger partial charge in [0, 0.05) is 10.9 Å². The maximum absolute atomic E-state index is 12.4. The van der Waals surface area contributed by atoms with Crippen LogP contribution in [0.5, 0.6) is 11.5 Å². The first-order valence-electron chi connectivity index (χ1n) is 9.03. The molecule has 0 spiro atoms. The summed E-state index contributed by atoms with van der Waals surface area (Å²) in [5.74, 6) is 0.300. The van der Waals surface area contributed by atoms with E-state index in [1.54, 1.807) is 44.4 Å². The molecule has 1 aromatic heterocycles. The van der Waals surface area contributed by atoms with Crippen molar-refractivity contribution in [3.05, 3.63) is 66.2 Å². The highest BCUT2D eigenvalue weighted by molar-refractivity contribution is 7.20. The Bertz CT molecular complexity index is 984. The lowest BCUT2D eigenvalue weighted by molar-refractivity contribution is -0.118. The molecule has 0 aliphatic heterocycles. The first kappa shape index (κ1) is 20.4. The van der Waals surface area contributed by atoms with Crippen molar-refractivity contribution in [3.63, 3.8) is 0 Å². The van der Waals surface area contributed by atoms with Gasteiger partial charge in [0.2, 0.25) is 0 Å². The number of hydrogen-bond acceptors (Lipinski definition) is 6. The number of methoxy groups -OCH3 is 1. The predicted octanol–water partition coefficient (Wildman–Crippen LogP) is 4.62. The summed E-state index contributed by atoms with van der Waals surface area (Å²) in [5.41, 5.74) is 1.28. The molecule has 0 aliphatic rings. The lowest BCUT2D eigenvalue weighted by atomic mass is 10.1. The molecule has 0 radical (unpaired) electrons. The Balaban J connectivity index is 1.74. The van der Waals surface area contributed by atoms with E-state index >= 15 is 0 Å². The fraction of sp³-hybridized carbons (Fsp3) is 0.182. The third-order valence-corrected chi connectivity index (χ3v) is 5.05. The molecule has 0 fully saturated rings. The number of carbonyl (C=O) groups excluding carboxylic acids is 2. The van der Waals surface area contributed by atoms with Gasteiger partial charge in [0.05, 0.1) is 19.3 Å². The van der Waals surface area contributed by atoms with E-state index in [-0.39, 0.29) is 19.1 Å². The zero-order chi connectivity index (χ0) is 20.6. The second kappa shape index (κ2) is 9.75. The molecule has 0 bridgehead atoms. The van der Waals surface area contributed by atoms with E-state index in [2.05, 4.69) is 5.32 Å². The number of benzene rings is 2. The quantitative estimate of drug-likeness (QED) is 0.548. The number of ether oxygens (including phenoxy) is 3. The number of amides is 1. The first-order chi connectivity index (χ1) is 14.1. The van der Waals surface area contributed by atoms with Gasteiger partial charge in [-0.15, -0.1) is 11.3 Å². The van der Waals surface area contributed by atoms with Crippen LogP contribution < -0.4 is 14.8 Å². The van der Waals surface area contributed by atoms with Gasteiger partial charge in [0.15, 0.2) is 6.61 Å². The van der Waals surface area contributed by atoms with Crippen LogP contribution in [0.1, 0.15) is 17.3 Å². The van der Waals surface area contributed by atoms with E-state index < -0.39 is 5.97 Å². The van der Waals surface area contributed by atoms with Gasteiger partial charge in [0.25, 0.3) is 5.91 Å². The Morgan fingerprint density at radius 2 is 1.76 bits per heavy atom. The first-order valence-corrected chi connectivity index (χ1v) is 9.85. The van der Waals surface area contributed by atoms with Crippen molar-refractivity contribution in [3.8, 4) is 21.9 Å². The van der Waals surface area contributed by atoms with Crippen LogP contribution in [0, 0.1) is 0 Å². The topological polar surface area (TPSA) is 73.9 Å². The molecule has 0 atom stereocenters. The SMILES string of the molecule is CCOC(=O)c1cc(-c2ccccc2)sc1NC(=O)COc1cccc(OC)c1. The van der Waals surface area contributed by atoms with Crippen molar-refractivity contribution in [2.24, 2.45) is 0 Å². The molecule has 7 heteroatoms. The smallest absolute Gasteiger partial charge is 0.341 e. The Hall–Kier alpha value is -3.32. The number of thiophene rings is 1. The van der Waals surface area contributed by atoms with Gasteiger partial charge in [-0.3, -0.25) is 4.79 Å². The molecule has 3 aromatic rings. The number of hydrogen-bond donors (Lipinski definition) is 1. The molecule has 0 saturated heterocycles. The third kappa shape index (κ3) is 5.36. The summed E-state index contributed by atoms with van der Waals surface area (Å²) >= 11 is 1.31. The highest BCUT2D eigenvalue weighted by Crippen LogP contribution is 2.36. The minimum absolute atomic E-state index is 0.200. The summed E-state index contributed by atoms with van der Waals surface area (Å²) in [4.78, 5) is 25.6. The van der Waals surface area contributed by atoms with Gasteiger partial charge < -0.3 is 19.5 Å². The number of anilines is 1. The van der Waals surface area contributed by atoms with Crippen molar-refractivity contribution in [1.82, 2.24) is 0 Å². The molecule has 29 heavy (non-hydrogen) atoms. The van der Waals surface area contributed by atoms with Gasteiger partial charge in [-0.25, -0.2) is 4.79 Å². The molecule has 0 aliphatic carbocycles. The van der Waals surface area contributed by atoms with Crippen molar-refractivity contribution in [2.75, 3.05) is 25.6 Å². The molecule has 6 nitrogen and oxygen atoms in total. The molecule has 1 heterocycles. The highest BCUT2D eigenvalue weighted by atomic mass is 32.1. The standard InChI is InChI=1S/C22H21NO5S/c1-3-27-22(25)18-13-19(15-8-5-4-6-9-15)29-21(18)23-20(24)14-28-17-11-7-10-16(12-17)26-2/h4-13H,3,14H2,1-2H3,(H,23,24). The third-order valence-electron chi connectivity index (χ3n) is 3.95. The molecule has 1 amide bonds. The van der Waals surface area contributed by atoms with Crippen molar-refractivity contribution in [1.29, 1.82) is 0 Å². The fourth-order valence-electron chi connectivity index (χ4n) is 2.59. The number of esters is 1. The highest BCUT2D eigenvalue weighted by Gasteiger charge is 2.20. The normalized spacial score (nSPS) is 10.3. The van der Waals surface area contributed by atoms with Crippen molar-refractivity contribution < 1.29 is 23.8 Å². The molecule has 150 valence electrons. The molecular formula is C22H21NO5S. The van der Waals surface area contributed by atoms with Crippen molar-refractivity contribution in [2.45, 2.75) is 6.92 Å². The van der Waals surface area contributed by atoms with Gasteiger partial charge >= 0.3 is 5.97 Å². The zero-order valence-electron chi connectivity index (χ0n) is 16.1. The minimum atomic E-state index is -0.477. The van der Waals surface area contributed by atoms with E-state index in [1.807, 2.05) is 30.3 Å². The van der Waals surface area contributed by atoms with Crippen LogP contribution in [0.3, 0.4) is 0 Å². The lowest BCUT2D eigenvalue weighted by Crippen LogP contribution is -2.21. The number of carbonyl (C=O) groups is 2. The maximum atomic E-state index is 12.4. The van der Waals surface area contributed by atoms with Gasteiger partial charge in [-0.05, 0) is 30.7 Å². The van der Waals surface area contributed by atoms with E-state index in [0.29, 0.717) is 22.1 Å². The molecule has 0 unspecified atom stereocenters. The van der Waals surface area contributed by atoms with E-state index in [0.717, 1.165) is 10.4 Å². The van der Waals surface area contributed by atoms with E-state index in [4.69, 9.17) is 14.2 Å². The molecule has 2 aromatic carbocycles. The lowest BCUT2D eigenvalue weighted by Gasteiger charge is -2.09. The van der Waals surface area contributed by atoms with Crippen molar-refractivity contribution >= 4 is 28.2 Å². The van der Waals surface area contributed by atoms with Gasteiger partial charge in [-0.1, -0.05) is 36.4 Å². The Morgan fingerprint density at radius 3 is 2.48 bits per heavy atom. The zero-order valence-corrected chi connectivity index (χ0v) is 17.0. The maximum Gasteiger partial charge on any atom is 0.341 e. The van der Waals surface area contributed by atoms with E-state index in [9.17, 15) is 9.59 Å². The van der Waals surface area contributed by atoms with Crippen LogP contribution in [0.4, 0.5) is 5.00 Å². The summed E-state index contributed by atoms with van der Waals surface area (Å²) in [6.45, 7) is 1.79. The summed E-state index contributed by atoms with van der Waals surface area (Å²) < 4.78 is 15.8. The van der Waals surface area contributed by atoms with E-state index in [1.165, 1.54) is 11.3 Å². The minimum Gasteiger partial charge on any atom is -0.497 e. The Morgan fingerprint density at radius 1 is 1.00 bits per heavy atom. The summed E-state index contributed by atoms with van der Waals surface area (Å²) in [7, 11) is 1.56. The molecular weight excluding hydrogens is 390 g/mol. The average molecular weight is 411 g/mol. The Labute approximate surface area is 173 Å². The predicted molar refractivity (Wildman–Crippen MR) is 113 cm³/mol. The number of nitrogens with one attached hydrogen (secondary N) is 1. The molecule has 0 saturated carbocycles. The van der Waals surface area contributed by atoms with Crippen LogP contribution in [-0.2, 0) is 9.53 Å². The second-order valence-electron chi connectivity index (χ2n) is 5.96. The van der Waals surface area contributed by atoms with Crippen LogP contribution in [0.15, 0.2) is 60.7 Å². The number of rotatable bonds is 8. The summed E-state index contributed by atoms with van der Waals surface area (Å²) in [6, 6.07) is 18.4. The van der Waals surface area contributed by atoms with Crippen LogP contribution in [-0.4, -0.2) is 32.2 Å². The van der Waals surface area contributed by atoms with Crippen LogP contribution in [0.25, 0.3) is 10.4 Å². The summed E-state index contributed by atoms with van der Waals surface area (Å²) in [6.07, 6.45) is 0.